The van der Waals surface area contributed by atoms with Gasteiger partial charge in [0, 0.05) is 6.04 Å². The summed E-state index contributed by atoms with van der Waals surface area (Å²) in [6.07, 6.45) is 0. The normalized spacial score (nSPS) is 11.8. The number of aromatic nitrogens is 2. The zero-order valence-corrected chi connectivity index (χ0v) is 15.0. The lowest BCUT2D eigenvalue weighted by Crippen LogP contribution is -2.09. The van der Waals surface area contributed by atoms with Gasteiger partial charge in [-0.15, -0.1) is 0 Å². The SMILES string of the molecule is COc1ccc(COc2nc3c([C@@H](C)N)cc(C)cc3nc2C#N)cc1. The lowest BCUT2D eigenvalue weighted by atomic mass is 10.0. The van der Waals surface area contributed by atoms with Crippen LogP contribution in [0.5, 0.6) is 11.6 Å². The predicted octanol–water partition coefficient (Wildman–Crippen LogP) is 3.42. The Bertz CT molecular complexity index is 976. The minimum absolute atomic E-state index is 0.159. The second-order valence-corrected chi connectivity index (χ2v) is 6.14. The van der Waals surface area contributed by atoms with Crippen molar-refractivity contribution in [1.82, 2.24) is 9.97 Å². The van der Waals surface area contributed by atoms with Crippen molar-refractivity contribution in [3.8, 4) is 17.7 Å². The molecule has 3 rings (SSSR count). The highest BCUT2D eigenvalue weighted by Gasteiger charge is 2.15. The van der Waals surface area contributed by atoms with E-state index in [4.69, 9.17) is 15.2 Å². The van der Waals surface area contributed by atoms with Gasteiger partial charge in [-0.1, -0.05) is 18.2 Å². The Morgan fingerprint density at radius 3 is 2.54 bits per heavy atom. The predicted molar refractivity (Wildman–Crippen MR) is 98.9 cm³/mol. The molecule has 6 nitrogen and oxygen atoms in total. The average molecular weight is 348 g/mol. The fourth-order valence-corrected chi connectivity index (χ4v) is 2.71. The topological polar surface area (TPSA) is 94.1 Å². The largest absolute Gasteiger partial charge is 0.497 e. The maximum absolute atomic E-state index is 9.42. The highest BCUT2D eigenvalue weighted by atomic mass is 16.5. The van der Waals surface area contributed by atoms with Crippen molar-refractivity contribution in [1.29, 1.82) is 5.26 Å². The molecule has 1 atom stereocenters. The Kier molecular flexibility index (Phi) is 5.01. The van der Waals surface area contributed by atoms with Crippen LogP contribution in [0.3, 0.4) is 0 Å². The van der Waals surface area contributed by atoms with Crippen molar-refractivity contribution in [3.05, 3.63) is 58.8 Å². The van der Waals surface area contributed by atoms with Crippen LogP contribution in [0.25, 0.3) is 11.0 Å². The quantitative estimate of drug-likeness (QED) is 0.759. The van der Waals surface area contributed by atoms with E-state index in [2.05, 4.69) is 16.0 Å². The van der Waals surface area contributed by atoms with Crippen molar-refractivity contribution in [2.24, 2.45) is 5.73 Å². The third-order valence-electron chi connectivity index (χ3n) is 4.04. The van der Waals surface area contributed by atoms with Crippen LogP contribution in [0.15, 0.2) is 36.4 Å². The van der Waals surface area contributed by atoms with Crippen LogP contribution >= 0.6 is 0 Å². The number of nitriles is 1. The molecule has 2 N–H and O–H groups in total. The highest BCUT2D eigenvalue weighted by molar-refractivity contribution is 5.80. The van der Waals surface area contributed by atoms with Crippen molar-refractivity contribution in [2.45, 2.75) is 26.5 Å². The van der Waals surface area contributed by atoms with Gasteiger partial charge in [0.2, 0.25) is 5.69 Å². The molecule has 0 saturated carbocycles. The van der Waals surface area contributed by atoms with Crippen LogP contribution in [-0.2, 0) is 6.61 Å². The molecule has 1 heterocycles. The first-order chi connectivity index (χ1) is 12.5. The minimum Gasteiger partial charge on any atom is -0.497 e. The Morgan fingerprint density at radius 1 is 1.19 bits per heavy atom. The summed E-state index contributed by atoms with van der Waals surface area (Å²) in [5, 5.41) is 9.42. The molecule has 0 aliphatic carbocycles. The van der Waals surface area contributed by atoms with Gasteiger partial charge in [0.05, 0.1) is 18.1 Å². The molecule has 1 aromatic heterocycles. The van der Waals surface area contributed by atoms with Crippen LogP contribution in [0, 0.1) is 18.3 Å². The molecule has 0 bridgehead atoms. The second kappa shape index (κ2) is 7.38. The maximum Gasteiger partial charge on any atom is 0.252 e. The average Bonchev–Trinajstić information content (AvgIpc) is 2.65. The number of hydrogen-bond acceptors (Lipinski definition) is 6. The number of ether oxygens (including phenoxy) is 2. The summed E-state index contributed by atoms with van der Waals surface area (Å²) < 4.78 is 10.9. The number of fused-ring (bicyclic) bond motifs is 1. The smallest absolute Gasteiger partial charge is 0.252 e. The summed E-state index contributed by atoms with van der Waals surface area (Å²) in [4.78, 5) is 8.96. The van der Waals surface area contributed by atoms with Gasteiger partial charge in [-0.2, -0.15) is 5.26 Å². The van der Waals surface area contributed by atoms with Crippen LogP contribution in [0.2, 0.25) is 0 Å². The van der Waals surface area contributed by atoms with Gasteiger partial charge in [0.15, 0.2) is 0 Å². The van der Waals surface area contributed by atoms with Gasteiger partial charge in [0.25, 0.3) is 5.88 Å². The Balaban J connectivity index is 1.97. The first-order valence-electron chi connectivity index (χ1n) is 8.25. The van der Waals surface area contributed by atoms with Gasteiger partial charge < -0.3 is 15.2 Å². The number of aryl methyl sites for hydroxylation is 1. The summed E-state index contributed by atoms with van der Waals surface area (Å²) in [7, 11) is 1.62. The van der Waals surface area contributed by atoms with Crippen LogP contribution in [0.1, 0.15) is 35.3 Å². The van der Waals surface area contributed by atoms with E-state index in [0.717, 1.165) is 22.4 Å². The Morgan fingerprint density at radius 2 is 1.92 bits per heavy atom. The first-order valence-corrected chi connectivity index (χ1v) is 8.25. The monoisotopic (exact) mass is 348 g/mol. The number of hydrogen-bond donors (Lipinski definition) is 1. The second-order valence-electron chi connectivity index (χ2n) is 6.14. The minimum atomic E-state index is -0.200. The van der Waals surface area contributed by atoms with Gasteiger partial charge in [-0.05, 0) is 48.7 Å². The molecular weight excluding hydrogens is 328 g/mol. The molecule has 0 unspecified atom stereocenters. The molecule has 6 heteroatoms. The lowest BCUT2D eigenvalue weighted by molar-refractivity contribution is 0.292. The molecule has 132 valence electrons. The van der Waals surface area contributed by atoms with E-state index in [1.165, 1.54) is 0 Å². The van der Waals surface area contributed by atoms with Crippen LogP contribution < -0.4 is 15.2 Å². The zero-order chi connectivity index (χ0) is 18.7. The molecule has 26 heavy (non-hydrogen) atoms. The van der Waals surface area contributed by atoms with Gasteiger partial charge >= 0.3 is 0 Å². The van der Waals surface area contributed by atoms with E-state index in [1.807, 2.05) is 50.2 Å². The molecular formula is C20H20N4O2. The standard InChI is InChI=1S/C20H20N4O2/c1-12-8-16(13(2)22)19-17(9-12)23-18(10-21)20(24-19)26-11-14-4-6-15(25-3)7-5-14/h4-9,13H,11,22H2,1-3H3/t13-/m1/s1. The summed E-state index contributed by atoms with van der Waals surface area (Å²) in [5.74, 6) is 0.982. The zero-order valence-electron chi connectivity index (χ0n) is 15.0. The van der Waals surface area contributed by atoms with Gasteiger partial charge in [-0.3, -0.25) is 0 Å². The fourth-order valence-electron chi connectivity index (χ4n) is 2.71. The summed E-state index contributed by atoms with van der Waals surface area (Å²) in [6, 6.07) is 13.2. The molecule has 0 spiro atoms. The molecule has 0 radical (unpaired) electrons. The van der Waals surface area contributed by atoms with Crippen LogP contribution in [0.4, 0.5) is 0 Å². The van der Waals surface area contributed by atoms with Gasteiger partial charge in [-0.25, -0.2) is 9.97 Å². The number of nitrogens with zero attached hydrogens (tertiary/aromatic N) is 3. The highest BCUT2D eigenvalue weighted by Crippen LogP contribution is 2.26. The summed E-state index contributed by atoms with van der Waals surface area (Å²) in [5.41, 5.74) is 10.4. The number of rotatable bonds is 5. The third kappa shape index (κ3) is 3.58. The summed E-state index contributed by atoms with van der Waals surface area (Å²) >= 11 is 0. The Labute approximate surface area is 152 Å². The van der Waals surface area contributed by atoms with Crippen molar-refractivity contribution in [3.63, 3.8) is 0 Å². The molecule has 0 saturated heterocycles. The molecule has 0 amide bonds. The van der Waals surface area contributed by atoms with Crippen molar-refractivity contribution in [2.75, 3.05) is 7.11 Å². The number of benzene rings is 2. The van der Waals surface area contributed by atoms with Crippen LogP contribution in [-0.4, -0.2) is 17.1 Å². The van der Waals surface area contributed by atoms with Crippen molar-refractivity contribution >= 4 is 11.0 Å². The van der Waals surface area contributed by atoms with E-state index in [1.54, 1.807) is 7.11 Å². The molecule has 0 aliphatic rings. The van der Waals surface area contributed by atoms with E-state index in [-0.39, 0.29) is 24.2 Å². The first kappa shape index (κ1) is 17.6. The van der Waals surface area contributed by atoms with E-state index in [9.17, 15) is 5.26 Å². The maximum atomic E-state index is 9.42. The number of methoxy groups -OCH3 is 1. The third-order valence-corrected chi connectivity index (χ3v) is 4.04. The Hall–Kier alpha value is -3.17. The number of nitrogens with two attached hydrogens (primary N) is 1. The van der Waals surface area contributed by atoms with E-state index >= 15 is 0 Å². The van der Waals surface area contributed by atoms with Gasteiger partial charge in [0.1, 0.15) is 18.4 Å². The molecule has 0 aliphatic heterocycles. The molecule has 0 fully saturated rings. The van der Waals surface area contributed by atoms with E-state index < -0.39 is 0 Å². The summed E-state index contributed by atoms with van der Waals surface area (Å²) in [6.45, 7) is 4.14. The van der Waals surface area contributed by atoms with Crippen molar-refractivity contribution < 1.29 is 9.47 Å². The lowest BCUT2D eigenvalue weighted by Gasteiger charge is -2.13. The van der Waals surface area contributed by atoms with E-state index in [0.29, 0.717) is 11.0 Å². The molecule has 3 aromatic rings. The fraction of sp³-hybridized carbons (Fsp3) is 0.250. The molecule has 2 aromatic carbocycles.